The van der Waals surface area contributed by atoms with Gasteiger partial charge in [0, 0.05) is 29.2 Å². The van der Waals surface area contributed by atoms with Gasteiger partial charge in [0.1, 0.15) is 11.3 Å². The zero-order valence-electron chi connectivity index (χ0n) is 14.6. The molecule has 0 bridgehead atoms. The first kappa shape index (κ1) is 20.0. The van der Waals surface area contributed by atoms with E-state index in [0.717, 1.165) is 6.21 Å². The quantitative estimate of drug-likeness (QED) is 0.449. The van der Waals surface area contributed by atoms with E-state index >= 15 is 0 Å². The zero-order chi connectivity index (χ0) is 21.1. The van der Waals surface area contributed by atoms with Crippen LogP contribution >= 0.6 is 11.6 Å². The average Bonchev–Trinajstić information content (AvgIpc) is 3.02. The molecule has 0 saturated heterocycles. The molecular formula is C17H14ClF2N7O2. The smallest absolute Gasteiger partial charge is 0.387 e. The first-order chi connectivity index (χ1) is 13.8. The SMILES string of the molecule is N=CC(NC(=O)c1c(N)nn2cccnc12)=C(N)c1cc(Cl)ccc1OC(F)F. The fourth-order valence-corrected chi connectivity index (χ4v) is 2.72. The molecule has 0 spiro atoms. The summed E-state index contributed by atoms with van der Waals surface area (Å²) in [6.07, 6.45) is 3.75. The molecule has 2 aromatic heterocycles. The van der Waals surface area contributed by atoms with E-state index in [1.807, 2.05) is 0 Å². The van der Waals surface area contributed by atoms with Crippen molar-refractivity contribution in [2.24, 2.45) is 5.73 Å². The van der Waals surface area contributed by atoms with Crippen molar-refractivity contribution in [3.63, 3.8) is 0 Å². The number of nitrogens with two attached hydrogens (primary N) is 2. The first-order valence-corrected chi connectivity index (χ1v) is 8.34. The second-order valence-electron chi connectivity index (χ2n) is 5.59. The number of nitrogen functional groups attached to an aromatic ring is 1. The molecule has 9 nitrogen and oxygen atoms in total. The number of nitrogens with zero attached hydrogens (tertiary/aromatic N) is 3. The van der Waals surface area contributed by atoms with Gasteiger partial charge in [0.05, 0.1) is 11.4 Å². The minimum Gasteiger partial charge on any atom is -0.434 e. The zero-order valence-corrected chi connectivity index (χ0v) is 15.3. The molecule has 0 unspecified atom stereocenters. The summed E-state index contributed by atoms with van der Waals surface area (Å²) in [5.41, 5.74) is 11.5. The van der Waals surface area contributed by atoms with E-state index < -0.39 is 12.5 Å². The third kappa shape index (κ3) is 4.09. The van der Waals surface area contributed by atoms with Gasteiger partial charge < -0.3 is 26.9 Å². The van der Waals surface area contributed by atoms with Gasteiger partial charge in [-0.1, -0.05) is 11.6 Å². The van der Waals surface area contributed by atoms with Crippen LogP contribution in [0.15, 0.2) is 42.4 Å². The van der Waals surface area contributed by atoms with Crippen LogP contribution in [0.5, 0.6) is 5.75 Å². The lowest BCUT2D eigenvalue weighted by atomic mass is 10.1. The summed E-state index contributed by atoms with van der Waals surface area (Å²) in [6.45, 7) is -3.11. The number of hydrogen-bond acceptors (Lipinski definition) is 7. The number of allylic oxidation sites excluding steroid dienone is 1. The van der Waals surface area contributed by atoms with Crippen LogP contribution in [0.25, 0.3) is 11.3 Å². The Morgan fingerprint density at radius 1 is 1.41 bits per heavy atom. The summed E-state index contributed by atoms with van der Waals surface area (Å²) < 4.78 is 31.1. The van der Waals surface area contributed by atoms with Crippen LogP contribution in [0.1, 0.15) is 15.9 Å². The van der Waals surface area contributed by atoms with Gasteiger partial charge in [0.15, 0.2) is 11.5 Å². The lowest BCUT2D eigenvalue weighted by Gasteiger charge is -2.14. The van der Waals surface area contributed by atoms with E-state index in [2.05, 4.69) is 20.1 Å². The van der Waals surface area contributed by atoms with Crippen molar-refractivity contribution in [3.8, 4) is 5.75 Å². The maximum Gasteiger partial charge on any atom is 0.387 e. The van der Waals surface area contributed by atoms with E-state index in [4.69, 9.17) is 28.5 Å². The summed E-state index contributed by atoms with van der Waals surface area (Å²) in [7, 11) is 0. The van der Waals surface area contributed by atoms with Crippen molar-refractivity contribution < 1.29 is 18.3 Å². The minimum absolute atomic E-state index is 0.0254. The maximum atomic E-state index is 12.7. The summed E-state index contributed by atoms with van der Waals surface area (Å²) in [6, 6.07) is 5.42. The Morgan fingerprint density at radius 2 is 2.17 bits per heavy atom. The predicted molar refractivity (Wildman–Crippen MR) is 103 cm³/mol. The third-order valence-corrected chi connectivity index (χ3v) is 4.02. The predicted octanol–water partition coefficient (Wildman–Crippen LogP) is 2.27. The summed E-state index contributed by atoms with van der Waals surface area (Å²) >= 11 is 5.92. The number of carbonyl (C=O) groups excluding carboxylic acids is 1. The molecule has 1 amide bonds. The molecular weight excluding hydrogens is 408 g/mol. The summed E-state index contributed by atoms with van der Waals surface area (Å²) in [5, 5.41) is 14.2. The van der Waals surface area contributed by atoms with Crippen molar-refractivity contribution in [1.29, 1.82) is 5.41 Å². The Bertz CT molecular complexity index is 1130. The number of nitrogens with one attached hydrogen (secondary N) is 2. The highest BCUT2D eigenvalue weighted by molar-refractivity contribution is 6.30. The highest BCUT2D eigenvalue weighted by atomic mass is 35.5. The lowest BCUT2D eigenvalue weighted by molar-refractivity contribution is -0.0500. The molecule has 0 aliphatic heterocycles. The largest absolute Gasteiger partial charge is 0.434 e. The Balaban J connectivity index is 2.02. The van der Waals surface area contributed by atoms with Gasteiger partial charge in [-0.25, -0.2) is 9.50 Å². The topological polar surface area (TPSA) is 144 Å². The summed E-state index contributed by atoms with van der Waals surface area (Å²) in [4.78, 5) is 16.8. The number of hydrogen-bond donors (Lipinski definition) is 4. The number of ether oxygens (including phenoxy) is 1. The van der Waals surface area contributed by atoms with Crippen LogP contribution in [0.2, 0.25) is 5.02 Å². The molecule has 2 heterocycles. The number of anilines is 1. The lowest BCUT2D eigenvalue weighted by Crippen LogP contribution is -2.27. The number of aromatic nitrogens is 3. The second-order valence-corrected chi connectivity index (χ2v) is 6.03. The van der Waals surface area contributed by atoms with Crippen molar-refractivity contribution >= 4 is 40.9 Å². The normalized spacial score (nSPS) is 12.0. The van der Waals surface area contributed by atoms with E-state index in [0.29, 0.717) is 0 Å². The molecule has 0 aliphatic rings. The fraction of sp³-hybridized carbons (Fsp3) is 0.0588. The van der Waals surface area contributed by atoms with Crippen LogP contribution in [0.3, 0.4) is 0 Å². The molecule has 0 saturated carbocycles. The monoisotopic (exact) mass is 421 g/mol. The van der Waals surface area contributed by atoms with Crippen molar-refractivity contribution in [3.05, 3.63) is 58.5 Å². The number of benzene rings is 1. The molecule has 0 fully saturated rings. The van der Waals surface area contributed by atoms with Gasteiger partial charge in [0.2, 0.25) is 0 Å². The summed E-state index contributed by atoms with van der Waals surface area (Å²) in [5.74, 6) is -1.10. The first-order valence-electron chi connectivity index (χ1n) is 7.97. The number of rotatable bonds is 6. The van der Waals surface area contributed by atoms with Crippen LogP contribution in [-0.2, 0) is 0 Å². The molecule has 3 rings (SSSR count). The Kier molecular flexibility index (Phi) is 5.59. The number of fused-ring (bicyclic) bond motifs is 1. The average molecular weight is 422 g/mol. The van der Waals surface area contributed by atoms with E-state index in [1.54, 1.807) is 12.3 Å². The molecule has 29 heavy (non-hydrogen) atoms. The van der Waals surface area contributed by atoms with E-state index in [1.165, 1.54) is 28.9 Å². The number of amides is 1. The van der Waals surface area contributed by atoms with Crippen LogP contribution in [0.4, 0.5) is 14.6 Å². The number of alkyl halides is 2. The Labute approximate surface area is 167 Å². The van der Waals surface area contributed by atoms with Crippen molar-refractivity contribution in [2.75, 3.05) is 5.73 Å². The van der Waals surface area contributed by atoms with Crippen LogP contribution in [-0.4, -0.2) is 33.3 Å². The maximum absolute atomic E-state index is 12.7. The van der Waals surface area contributed by atoms with Crippen LogP contribution < -0.4 is 21.5 Å². The van der Waals surface area contributed by atoms with Crippen molar-refractivity contribution in [2.45, 2.75) is 6.61 Å². The molecule has 6 N–H and O–H groups in total. The minimum atomic E-state index is -3.11. The van der Waals surface area contributed by atoms with Gasteiger partial charge >= 0.3 is 6.61 Å². The Morgan fingerprint density at radius 3 is 2.86 bits per heavy atom. The van der Waals surface area contributed by atoms with E-state index in [9.17, 15) is 13.6 Å². The molecule has 12 heteroatoms. The highest BCUT2D eigenvalue weighted by Gasteiger charge is 2.21. The van der Waals surface area contributed by atoms with Crippen LogP contribution in [0, 0.1) is 5.41 Å². The molecule has 3 aromatic rings. The molecule has 1 aromatic carbocycles. The van der Waals surface area contributed by atoms with Crippen molar-refractivity contribution in [1.82, 2.24) is 19.9 Å². The standard InChI is InChI=1S/C17H14ClF2N7O2/c18-8-2-3-11(29-17(19)20)9(6-8)13(22)10(7-21)25-16(28)12-14(23)26-27-5-1-4-24-15(12)27/h1-7,17,21H,22H2,(H2,23,26)(H,25,28). The molecule has 0 atom stereocenters. The fourth-order valence-electron chi connectivity index (χ4n) is 2.54. The van der Waals surface area contributed by atoms with Gasteiger partial charge in [-0.05, 0) is 24.3 Å². The van der Waals surface area contributed by atoms with Gasteiger partial charge in [-0.15, -0.1) is 5.10 Å². The highest BCUT2D eigenvalue weighted by Crippen LogP contribution is 2.29. The van der Waals surface area contributed by atoms with Gasteiger partial charge in [-0.2, -0.15) is 8.78 Å². The third-order valence-electron chi connectivity index (χ3n) is 3.78. The van der Waals surface area contributed by atoms with Gasteiger partial charge in [0.25, 0.3) is 5.91 Å². The number of carbonyl (C=O) groups is 1. The Hall–Kier alpha value is -3.73. The molecule has 0 radical (unpaired) electrons. The number of halogens is 3. The molecule has 150 valence electrons. The molecule has 0 aliphatic carbocycles. The van der Waals surface area contributed by atoms with E-state index in [-0.39, 0.29) is 44.8 Å². The van der Waals surface area contributed by atoms with Gasteiger partial charge in [-0.3, -0.25) is 4.79 Å². The second kappa shape index (κ2) is 8.10.